The highest BCUT2D eigenvalue weighted by atomic mass is 35.5. The van der Waals surface area contributed by atoms with Gasteiger partial charge < -0.3 is 14.6 Å². The third kappa shape index (κ3) is 4.70. The molecule has 0 aromatic heterocycles. The lowest BCUT2D eigenvalue weighted by molar-refractivity contribution is -0.137. The summed E-state index contributed by atoms with van der Waals surface area (Å²) in [6, 6.07) is 0. The number of unbranched alkanes of at least 4 members (excludes halogenated alkanes) is 1. The lowest BCUT2D eigenvalue weighted by Gasteiger charge is -2.26. The van der Waals surface area contributed by atoms with Crippen LogP contribution in [0.1, 0.15) is 32.1 Å². The van der Waals surface area contributed by atoms with Crippen molar-refractivity contribution >= 4 is 17.6 Å². The summed E-state index contributed by atoms with van der Waals surface area (Å²) in [4.78, 5) is 10.4. The zero-order valence-electron chi connectivity index (χ0n) is 10.7. The van der Waals surface area contributed by atoms with E-state index in [1.807, 2.05) is 6.08 Å². The number of alkyl halides is 1. The first kappa shape index (κ1) is 15.1. The van der Waals surface area contributed by atoms with Crippen LogP contribution in [0.3, 0.4) is 0 Å². The van der Waals surface area contributed by atoms with Crippen LogP contribution in [0.5, 0.6) is 0 Å². The summed E-state index contributed by atoms with van der Waals surface area (Å²) < 4.78 is 10.4. The molecule has 0 radical (unpaired) electrons. The van der Waals surface area contributed by atoms with Gasteiger partial charge in [0.05, 0.1) is 7.11 Å². The molecule has 5 heteroatoms. The van der Waals surface area contributed by atoms with Gasteiger partial charge in [0.2, 0.25) is 0 Å². The van der Waals surface area contributed by atoms with E-state index in [1.54, 1.807) is 20.3 Å². The molecule has 0 saturated heterocycles. The third-order valence-corrected chi connectivity index (χ3v) is 3.25. The summed E-state index contributed by atoms with van der Waals surface area (Å²) in [6.45, 7) is 0. The first-order valence-electron chi connectivity index (χ1n) is 5.91. The molecule has 4 nitrogen and oxygen atoms in total. The molecule has 18 heavy (non-hydrogen) atoms. The molecule has 1 rings (SSSR count). The first-order valence-corrected chi connectivity index (χ1v) is 6.29. The number of methoxy groups -OCH3 is 2. The van der Waals surface area contributed by atoms with Crippen molar-refractivity contribution in [1.82, 2.24) is 0 Å². The van der Waals surface area contributed by atoms with Crippen molar-refractivity contribution in [3.8, 4) is 0 Å². The summed E-state index contributed by atoms with van der Waals surface area (Å²) in [7, 11) is 3.15. The van der Waals surface area contributed by atoms with E-state index in [0.29, 0.717) is 12.8 Å². The van der Waals surface area contributed by atoms with E-state index in [1.165, 1.54) is 0 Å². The van der Waals surface area contributed by atoms with E-state index < -0.39 is 11.0 Å². The Morgan fingerprint density at radius 2 is 2.17 bits per heavy atom. The maximum Gasteiger partial charge on any atom is 0.303 e. The van der Waals surface area contributed by atoms with Crippen LogP contribution in [0.25, 0.3) is 0 Å². The van der Waals surface area contributed by atoms with Crippen molar-refractivity contribution in [2.45, 2.75) is 37.2 Å². The molecule has 1 unspecified atom stereocenters. The van der Waals surface area contributed by atoms with E-state index in [0.717, 1.165) is 24.2 Å². The van der Waals surface area contributed by atoms with Gasteiger partial charge in [-0.3, -0.25) is 4.79 Å². The number of carbonyl (C=O) groups is 1. The summed E-state index contributed by atoms with van der Waals surface area (Å²) in [5.41, 5.74) is 1.12. The minimum atomic E-state index is -0.939. The van der Waals surface area contributed by atoms with Gasteiger partial charge in [0.25, 0.3) is 0 Å². The van der Waals surface area contributed by atoms with Crippen LogP contribution in [-0.4, -0.2) is 30.4 Å². The Hall–Kier alpha value is -1.00. The highest BCUT2D eigenvalue weighted by Gasteiger charge is 2.27. The average Bonchev–Trinajstić information content (AvgIpc) is 2.34. The van der Waals surface area contributed by atoms with E-state index >= 15 is 0 Å². The molecule has 0 aromatic carbocycles. The predicted octanol–water partition coefficient (Wildman–Crippen LogP) is 3.07. The number of aliphatic carboxylic acids is 1. The lowest BCUT2D eigenvalue weighted by atomic mass is 9.97. The molecule has 102 valence electrons. The van der Waals surface area contributed by atoms with E-state index in [9.17, 15) is 4.79 Å². The Balaban J connectivity index is 2.52. The SMILES string of the molecule is COC1=CC(Cl)(OC)C=C(CCCCC(=O)O)C1. The van der Waals surface area contributed by atoms with Gasteiger partial charge in [-0.1, -0.05) is 17.2 Å². The van der Waals surface area contributed by atoms with Crippen molar-refractivity contribution < 1.29 is 19.4 Å². The molecule has 0 saturated carbocycles. The molecular formula is C13H19ClO4. The molecule has 0 aliphatic heterocycles. The fraction of sp³-hybridized carbons (Fsp3) is 0.615. The number of carboxylic acid groups (broad SMARTS) is 1. The van der Waals surface area contributed by atoms with Gasteiger partial charge in [-0.15, -0.1) is 0 Å². The minimum absolute atomic E-state index is 0.205. The molecule has 0 bridgehead atoms. The van der Waals surface area contributed by atoms with E-state index in [2.05, 4.69) is 0 Å². The Labute approximate surface area is 112 Å². The monoisotopic (exact) mass is 274 g/mol. The number of halogens is 1. The third-order valence-electron chi connectivity index (χ3n) is 2.87. The topological polar surface area (TPSA) is 55.8 Å². The Morgan fingerprint density at radius 1 is 1.44 bits per heavy atom. The van der Waals surface area contributed by atoms with Gasteiger partial charge >= 0.3 is 5.97 Å². The Bertz CT molecular complexity index is 362. The molecule has 1 N–H and O–H groups in total. The molecule has 0 heterocycles. The molecular weight excluding hydrogens is 256 g/mol. The largest absolute Gasteiger partial charge is 0.501 e. The lowest BCUT2D eigenvalue weighted by Crippen LogP contribution is -2.22. The maximum absolute atomic E-state index is 10.4. The standard InChI is InChI=1S/C13H19ClO4/c1-17-11-7-10(5-3-4-6-12(15)16)8-13(14,9-11)18-2/h8-9H,3-7H2,1-2H3,(H,15,16). The maximum atomic E-state index is 10.4. The van der Waals surface area contributed by atoms with Crippen molar-refractivity contribution in [3.63, 3.8) is 0 Å². The normalized spacial score (nSPS) is 23.3. The smallest absolute Gasteiger partial charge is 0.303 e. The number of ether oxygens (including phenoxy) is 2. The van der Waals surface area contributed by atoms with Crippen molar-refractivity contribution in [2.24, 2.45) is 0 Å². The van der Waals surface area contributed by atoms with Crippen LogP contribution < -0.4 is 0 Å². The van der Waals surface area contributed by atoms with Gasteiger partial charge in [0.15, 0.2) is 5.06 Å². The highest BCUT2D eigenvalue weighted by molar-refractivity contribution is 6.25. The van der Waals surface area contributed by atoms with Gasteiger partial charge in [0.1, 0.15) is 5.76 Å². The van der Waals surface area contributed by atoms with Gasteiger partial charge in [-0.25, -0.2) is 0 Å². The van der Waals surface area contributed by atoms with E-state index in [-0.39, 0.29) is 6.42 Å². The zero-order valence-corrected chi connectivity index (χ0v) is 11.5. The second-order valence-electron chi connectivity index (χ2n) is 4.30. The van der Waals surface area contributed by atoms with Crippen LogP contribution in [0.4, 0.5) is 0 Å². The number of rotatable bonds is 7. The number of allylic oxidation sites excluding steroid dienone is 1. The number of hydrogen-bond donors (Lipinski definition) is 1. The quantitative estimate of drug-likeness (QED) is 0.440. The molecule has 0 spiro atoms. The van der Waals surface area contributed by atoms with Crippen LogP contribution in [0, 0.1) is 0 Å². The van der Waals surface area contributed by atoms with Crippen LogP contribution in [-0.2, 0) is 14.3 Å². The fourth-order valence-electron chi connectivity index (χ4n) is 1.90. The van der Waals surface area contributed by atoms with Crippen molar-refractivity contribution in [2.75, 3.05) is 14.2 Å². The fourth-order valence-corrected chi connectivity index (χ4v) is 2.18. The summed E-state index contributed by atoms with van der Waals surface area (Å²) in [5, 5.41) is 7.63. The Kier molecular flexibility index (Phi) is 5.69. The number of carboxylic acids is 1. The van der Waals surface area contributed by atoms with Gasteiger partial charge in [-0.2, -0.15) is 0 Å². The summed E-state index contributed by atoms with van der Waals surface area (Å²) in [6.07, 6.45) is 6.84. The van der Waals surface area contributed by atoms with Crippen molar-refractivity contribution in [1.29, 1.82) is 0 Å². The summed E-state index contributed by atoms with van der Waals surface area (Å²) in [5.74, 6) is 0.0243. The molecule has 0 amide bonds. The second kappa shape index (κ2) is 6.81. The molecule has 0 fully saturated rings. The highest BCUT2D eigenvalue weighted by Crippen LogP contribution is 2.33. The molecule has 1 atom stereocenters. The number of hydrogen-bond acceptors (Lipinski definition) is 3. The van der Waals surface area contributed by atoms with Crippen molar-refractivity contribution in [3.05, 3.63) is 23.5 Å². The average molecular weight is 275 g/mol. The van der Waals surface area contributed by atoms with Crippen LogP contribution in [0.15, 0.2) is 23.5 Å². The second-order valence-corrected chi connectivity index (χ2v) is 4.89. The van der Waals surface area contributed by atoms with Crippen LogP contribution in [0.2, 0.25) is 0 Å². The molecule has 0 aromatic rings. The zero-order chi connectivity index (χ0) is 13.6. The van der Waals surface area contributed by atoms with Crippen LogP contribution >= 0.6 is 11.6 Å². The molecule has 1 aliphatic carbocycles. The van der Waals surface area contributed by atoms with E-state index in [4.69, 9.17) is 26.2 Å². The minimum Gasteiger partial charge on any atom is -0.501 e. The molecule has 1 aliphatic rings. The summed E-state index contributed by atoms with van der Waals surface area (Å²) >= 11 is 6.24. The van der Waals surface area contributed by atoms with Gasteiger partial charge in [0, 0.05) is 26.0 Å². The first-order chi connectivity index (χ1) is 8.49. The Morgan fingerprint density at radius 3 is 2.72 bits per heavy atom. The predicted molar refractivity (Wildman–Crippen MR) is 69.5 cm³/mol. The van der Waals surface area contributed by atoms with Gasteiger partial charge in [-0.05, 0) is 25.3 Å².